The number of rotatable bonds is 4. The second-order valence-electron chi connectivity index (χ2n) is 4.48. The molecule has 0 heterocycles. The molecule has 3 nitrogen and oxygen atoms in total. The van der Waals surface area contributed by atoms with E-state index in [1.807, 2.05) is 19.1 Å². The Labute approximate surface area is 112 Å². The average molecular weight is 256 g/mol. The van der Waals surface area contributed by atoms with Crippen LogP contribution in [-0.4, -0.2) is 10.9 Å². The van der Waals surface area contributed by atoms with Crippen LogP contribution in [0.15, 0.2) is 42.5 Å². The van der Waals surface area contributed by atoms with Crippen molar-refractivity contribution in [1.82, 2.24) is 0 Å². The van der Waals surface area contributed by atoms with Crippen LogP contribution in [0.1, 0.15) is 28.4 Å². The second-order valence-corrected chi connectivity index (χ2v) is 4.48. The van der Waals surface area contributed by atoms with Crippen molar-refractivity contribution in [2.24, 2.45) is 0 Å². The van der Waals surface area contributed by atoms with Gasteiger partial charge in [0.15, 0.2) is 5.78 Å². The van der Waals surface area contributed by atoms with Crippen LogP contribution < -0.4 is 4.74 Å². The third-order valence-corrected chi connectivity index (χ3v) is 2.96. The summed E-state index contributed by atoms with van der Waals surface area (Å²) >= 11 is 0. The maximum Gasteiger partial charge on any atom is 0.159 e. The average Bonchev–Trinajstić information content (AvgIpc) is 2.38. The van der Waals surface area contributed by atoms with Gasteiger partial charge in [-0.1, -0.05) is 18.2 Å². The zero-order valence-electron chi connectivity index (χ0n) is 11.0. The topological polar surface area (TPSA) is 46.5 Å². The van der Waals surface area contributed by atoms with E-state index >= 15 is 0 Å². The van der Waals surface area contributed by atoms with Gasteiger partial charge >= 0.3 is 0 Å². The van der Waals surface area contributed by atoms with E-state index in [1.54, 1.807) is 30.3 Å². The summed E-state index contributed by atoms with van der Waals surface area (Å²) in [5.74, 6) is 0.936. The Bertz CT molecular complexity index is 603. The Morgan fingerprint density at radius 1 is 1.21 bits per heavy atom. The van der Waals surface area contributed by atoms with Crippen LogP contribution in [0.5, 0.6) is 11.5 Å². The number of ether oxygens (including phenoxy) is 1. The van der Waals surface area contributed by atoms with Gasteiger partial charge in [0.2, 0.25) is 0 Å². The van der Waals surface area contributed by atoms with Gasteiger partial charge in [-0.2, -0.15) is 0 Å². The molecule has 1 N–H and O–H groups in total. The summed E-state index contributed by atoms with van der Waals surface area (Å²) in [5, 5.41) is 9.34. The molecule has 3 heteroatoms. The first-order valence-electron chi connectivity index (χ1n) is 6.08. The van der Waals surface area contributed by atoms with Gasteiger partial charge < -0.3 is 9.84 Å². The standard InChI is InChI=1S/C16H16O3/c1-11-8-15(18)7-6-14(11)10-19-16-5-3-4-13(9-16)12(2)17/h3-9,18H,10H2,1-2H3. The summed E-state index contributed by atoms with van der Waals surface area (Å²) in [4.78, 5) is 11.3. The SMILES string of the molecule is CC(=O)c1cccc(OCc2ccc(O)cc2C)c1. The van der Waals surface area contributed by atoms with E-state index in [0.29, 0.717) is 17.9 Å². The van der Waals surface area contributed by atoms with Gasteiger partial charge in [-0.25, -0.2) is 0 Å². The molecule has 0 aliphatic heterocycles. The molecule has 0 spiro atoms. The van der Waals surface area contributed by atoms with E-state index in [2.05, 4.69) is 0 Å². The molecule has 0 aromatic heterocycles. The molecule has 2 rings (SSSR count). The predicted molar refractivity (Wildman–Crippen MR) is 73.6 cm³/mol. The fourth-order valence-electron chi connectivity index (χ4n) is 1.81. The summed E-state index contributed by atoms with van der Waals surface area (Å²) in [5.41, 5.74) is 2.62. The molecular formula is C16H16O3. The minimum atomic E-state index is 0.0197. The summed E-state index contributed by atoms with van der Waals surface area (Å²) in [6.45, 7) is 3.86. The molecule has 2 aromatic rings. The van der Waals surface area contributed by atoms with Gasteiger partial charge in [-0.15, -0.1) is 0 Å². The van der Waals surface area contributed by atoms with Crippen LogP contribution in [0.3, 0.4) is 0 Å². The van der Waals surface area contributed by atoms with Crippen molar-refractivity contribution in [2.75, 3.05) is 0 Å². The van der Waals surface area contributed by atoms with Crippen LogP contribution in [-0.2, 0) is 6.61 Å². The number of Topliss-reactive ketones (excluding diaryl/α,β-unsaturated/α-hetero) is 1. The molecule has 0 aliphatic carbocycles. The van der Waals surface area contributed by atoms with E-state index in [0.717, 1.165) is 11.1 Å². The molecule has 0 bridgehead atoms. The van der Waals surface area contributed by atoms with Crippen LogP contribution in [0.4, 0.5) is 0 Å². The fraction of sp³-hybridized carbons (Fsp3) is 0.188. The Hall–Kier alpha value is -2.29. The van der Waals surface area contributed by atoms with Crippen LogP contribution in [0.2, 0.25) is 0 Å². The van der Waals surface area contributed by atoms with Gasteiger partial charge in [0.05, 0.1) is 0 Å². The lowest BCUT2D eigenvalue weighted by Crippen LogP contribution is -1.99. The summed E-state index contributed by atoms with van der Waals surface area (Å²) in [6, 6.07) is 12.3. The highest BCUT2D eigenvalue weighted by Crippen LogP contribution is 2.19. The summed E-state index contributed by atoms with van der Waals surface area (Å²) < 4.78 is 5.67. The minimum Gasteiger partial charge on any atom is -0.508 e. The van der Waals surface area contributed by atoms with E-state index < -0.39 is 0 Å². The van der Waals surface area contributed by atoms with Gasteiger partial charge in [-0.3, -0.25) is 4.79 Å². The van der Waals surface area contributed by atoms with Gasteiger partial charge in [0.25, 0.3) is 0 Å². The van der Waals surface area contributed by atoms with Crippen LogP contribution in [0, 0.1) is 6.92 Å². The highest BCUT2D eigenvalue weighted by molar-refractivity contribution is 5.94. The summed E-state index contributed by atoms with van der Waals surface area (Å²) in [6.07, 6.45) is 0. The van der Waals surface area contributed by atoms with Crippen LogP contribution >= 0.6 is 0 Å². The summed E-state index contributed by atoms with van der Waals surface area (Å²) in [7, 11) is 0. The second kappa shape index (κ2) is 5.57. The van der Waals surface area contributed by atoms with Crippen molar-refractivity contribution < 1.29 is 14.6 Å². The number of benzene rings is 2. The molecule has 2 aromatic carbocycles. The van der Waals surface area contributed by atoms with Gasteiger partial charge in [0.1, 0.15) is 18.1 Å². The number of phenols is 1. The Kier molecular flexibility index (Phi) is 3.85. The third-order valence-electron chi connectivity index (χ3n) is 2.96. The lowest BCUT2D eigenvalue weighted by atomic mass is 10.1. The monoisotopic (exact) mass is 256 g/mol. The van der Waals surface area contributed by atoms with E-state index in [9.17, 15) is 9.90 Å². The number of phenolic OH excluding ortho intramolecular Hbond substituents is 1. The first-order valence-corrected chi connectivity index (χ1v) is 6.08. The van der Waals surface area contributed by atoms with Crippen molar-refractivity contribution in [2.45, 2.75) is 20.5 Å². The highest BCUT2D eigenvalue weighted by Gasteiger charge is 2.03. The molecule has 0 saturated carbocycles. The van der Waals surface area contributed by atoms with Crippen molar-refractivity contribution in [3.05, 3.63) is 59.2 Å². The molecule has 19 heavy (non-hydrogen) atoms. The van der Waals surface area contributed by atoms with Crippen molar-refractivity contribution >= 4 is 5.78 Å². The Balaban J connectivity index is 2.10. The highest BCUT2D eigenvalue weighted by atomic mass is 16.5. The number of carbonyl (C=O) groups excluding carboxylic acids is 1. The van der Waals surface area contributed by atoms with E-state index in [-0.39, 0.29) is 11.5 Å². The number of carbonyl (C=O) groups is 1. The molecular weight excluding hydrogens is 240 g/mol. The molecule has 0 aliphatic rings. The lowest BCUT2D eigenvalue weighted by molar-refractivity contribution is 0.101. The van der Waals surface area contributed by atoms with Gasteiger partial charge in [0, 0.05) is 5.56 Å². The van der Waals surface area contributed by atoms with Gasteiger partial charge in [-0.05, 0) is 49.2 Å². The molecule has 0 amide bonds. The number of hydrogen-bond acceptors (Lipinski definition) is 3. The van der Waals surface area contributed by atoms with Crippen molar-refractivity contribution in [1.29, 1.82) is 0 Å². The molecule has 0 saturated heterocycles. The maximum atomic E-state index is 11.3. The normalized spacial score (nSPS) is 10.2. The predicted octanol–water partition coefficient (Wildman–Crippen LogP) is 3.48. The number of aryl methyl sites for hydroxylation is 1. The zero-order valence-corrected chi connectivity index (χ0v) is 11.0. The smallest absolute Gasteiger partial charge is 0.159 e. The number of ketones is 1. The molecule has 0 radical (unpaired) electrons. The van der Waals surface area contributed by atoms with E-state index in [1.165, 1.54) is 6.92 Å². The van der Waals surface area contributed by atoms with Crippen molar-refractivity contribution in [3.63, 3.8) is 0 Å². The maximum absolute atomic E-state index is 11.3. The number of hydrogen-bond donors (Lipinski definition) is 1. The Morgan fingerprint density at radius 2 is 2.00 bits per heavy atom. The third kappa shape index (κ3) is 3.35. The molecule has 0 unspecified atom stereocenters. The first kappa shape index (κ1) is 13.1. The quantitative estimate of drug-likeness (QED) is 0.852. The largest absolute Gasteiger partial charge is 0.508 e. The minimum absolute atomic E-state index is 0.0197. The van der Waals surface area contributed by atoms with E-state index in [4.69, 9.17) is 4.74 Å². The molecule has 98 valence electrons. The molecule has 0 atom stereocenters. The zero-order chi connectivity index (χ0) is 13.8. The van der Waals surface area contributed by atoms with Crippen molar-refractivity contribution in [3.8, 4) is 11.5 Å². The fourth-order valence-corrected chi connectivity index (χ4v) is 1.81. The lowest BCUT2D eigenvalue weighted by Gasteiger charge is -2.09. The first-order chi connectivity index (χ1) is 9.06. The Morgan fingerprint density at radius 3 is 2.68 bits per heavy atom. The molecule has 0 fully saturated rings. The van der Waals surface area contributed by atoms with Crippen LogP contribution in [0.25, 0.3) is 0 Å². The number of aromatic hydroxyl groups is 1.